The van der Waals surface area contributed by atoms with Crippen molar-refractivity contribution in [3.63, 3.8) is 0 Å². The Morgan fingerprint density at radius 2 is 0.660 bits per heavy atom. The molecule has 0 atom stereocenters. The van der Waals surface area contributed by atoms with Crippen LogP contribution >= 0.6 is 0 Å². The fourth-order valence-corrected chi connectivity index (χ4v) is 10.3. The fraction of sp³-hybridized carbons (Fsp3) is 0.115. The minimum atomic E-state index is -0.121. The van der Waals surface area contributed by atoms with Crippen LogP contribution in [0.15, 0.2) is 164 Å². The molecule has 2 aliphatic carbocycles. The summed E-state index contributed by atoms with van der Waals surface area (Å²) >= 11 is 0. The lowest BCUT2D eigenvalue weighted by Crippen LogP contribution is -2.16. The molecule has 2 aliphatic rings. The maximum absolute atomic E-state index is 2.42. The molecule has 0 bridgehead atoms. The van der Waals surface area contributed by atoms with Crippen molar-refractivity contribution in [3.8, 4) is 22.3 Å². The van der Waals surface area contributed by atoms with Gasteiger partial charge in [0.15, 0.2) is 0 Å². The lowest BCUT2D eigenvalue weighted by molar-refractivity contribution is 0.672. The Labute approximate surface area is 310 Å². The third-order valence-electron chi connectivity index (χ3n) is 12.5. The summed E-state index contributed by atoms with van der Waals surface area (Å²) in [5.74, 6) is 0. The van der Waals surface area contributed by atoms with E-state index in [9.17, 15) is 0 Å². The number of fused-ring (bicyclic) bond motifs is 14. The van der Waals surface area contributed by atoms with E-state index in [1.165, 1.54) is 87.6 Å². The Morgan fingerprint density at radius 1 is 0.302 bits per heavy atom. The molecule has 0 N–H and O–H groups in total. The molecule has 53 heavy (non-hydrogen) atoms. The van der Waals surface area contributed by atoms with E-state index in [1.54, 1.807) is 0 Å². The van der Waals surface area contributed by atoms with Crippen LogP contribution in [0.4, 0.5) is 17.1 Å². The standard InChI is InChI=1S/C52H39N/c1-51(2)47-39-16-10-8-12-32(39)18-24-43(47)45-26-20-34-30-37(22-28-41(34)49(45)51)53(36-14-6-5-7-15-36)38-23-29-42-35(31-38)21-27-46-44-25-19-33-13-9-11-17-40(33)48(44)52(3,4)50(42)46/h5-31H,1-4H3. The summed E-state index contributed by atoms with van der Waals surface area (Å²) in [4.78, 5) is 2.42. The molecular weight excluding hydrogens is 639 g/mol. The maximum atomic E-state index is 2.42. The highest BCUT2D eigenvalue weighted by Gasteiger charge is 2.39. The van der Waals surface area contributed by atoms with Gasteiger partial charge in [0, 0.05) is 27.9 Å². The van der Waals surface area contributed by atoms with Gasteiger partial charge >= 0.3 is 0 Å². The monoisotopic (exact) mass is 677 g/mol. The Kier molecular flexibility index (Phi) is 6.14. The maximum Gasteiger partial charge on any atom is 0.0468 e. The van der Waals surface area contributed by atoms with Gasteiger partial charge < -0.3 is 4.90 Å². The Bertz CT molecular complexity index is 2810. The molecule has 9 aromatic carbocycles. The Balaban J connectivity index is 1.06. The Morgan fingerprint density at radius 3 is 1.09 bits per heavy atom. The number of benzene rings is 9. The van der Waals surface area contributed by atoms with Crippen LogP contribution in [0.3, 0.4) is 0 Å². The van der Waals surface area contributed by atoms with Gasteiger partial charge in [0.2, 0.25) is 0 Å². The summed E-state index contributed by atoms with van der Waals surface area (Å²) in [6, 6.07) is 61.2. The molecule has 0 spiro atoms. The molecular formula is C52H39N. The molecule has 0 radical (unpaired) electrons. The number of anilines is 3. The van der Waals surface area contributed by atoms with Gasteiger partial charge in [-0.15, -0.1) is 0 Å². The van der Waals surface area contributed by atoms with Crippen molar-refractivity contribution >= 4 is 60.2 Å². The van der Waals surface area contributed by atoms with Crippen LogP contribution in [-0.4, -0.2) is 0 Å². The average molecular weight is 678 g/mol. The van der Waals surface area contributed by atoms with Crippen LogP contribution in [-0.2, 0) is 10.8 Å². The summed E-state index contributed by atoms with van der Waals surface area (Å²) < 4.78 is 0. The molecule has 1 nitrogen and oxygen atoms in total. The van der Waals surface area contributed by atoms with E-state index >= 15 is 0 Å². The van der Waals surface area contributed by atoms with E-state index in [0.29, 0.717) is 0 Å². The smallest absolute Gasteiger partial charge is 0.0468 e. The largest absolute Gasteiger partial charge is 0.310 e. The zero-order valence-corrected chi connectivity index (χ0v) is 30.5. The number of rotatable bonds is 3. The van der Waals surface area contributed by atoms with Crippen LogP contribution in [0, 0.1) is 0 Å². The first-order valence-electron chi connectivity index (χ1n) is 18.9. The third-order valence-corrected chi connectivity index (χ3v) is 12.5. The van der Waals surface area contributed by atoms with E-state index in [-0.39, 0.29) is 10.8 Å². The van der Waals surface area contributed by atoms with E-state index in [2.05, 4.69) is 196 Å². The number of nitrogens with zero attached hydrogens (tertiary/aromatic N) is 1. The van der Waals surface area contributed by atoms with Crippen molar-refractivity contribution in [2.24, 2.45) is 0 Å². The highest BCUT2D eigenvalue weighted by atomic mass is 15.1. The molecule has 0 aliphatic heterocycles. The van der Waals surface area contributed by atoms with Crippen LogP contribution in [0.2, 0.25) is 0 Å². The van der Waals surface area contributed by atoms with E-state index < -0.39 is 0 Å². The minimum Gasteiger partial charge on any atom is -0.310 e. The minimum absolute atomic E-state index is 0.121. The van der Waals surface area contributed by atoms with Crippen molar-refractivity contribution < 1.29 is 0 Å². The molecule has 0 unspecified atom stereocenters. The summed E-state index contributed by atoms with van der Waals surface area (Å²) in [5, 5.41) is 10.5. The predicted octanol–water partition coefficient (Wildman–Crippen LogP) is 14.4. The molecule has 9 aromatic rings. The summed E-state index contributed by atoms with van der Waals surface area (Å²) in [7, 11) is 0. The Hall–Kier alpha value is -6.18. The van der Waals surface area contributed by atoms with Crippen LogP contribution in [0.5, 0.6) is 0 Å². The van der Waals surface area contributed by atoms with Crippen molar-refractivity contribution in [3.05, 3.63) is 186 Å². The molecule has 1 heteroatoms. The van der Waals surface area contributed by atoms with Crippen LogP contribution in [0.1, 0.15) is 49.9 Å². The van der Waals surface area contributed by atoms with Crippen molar-refractivity contribution in [2.75, 3.05) is 4.90 Å². The first-order valence-corrected chi connectivity index (χ1v) is 18.9. The number of hydrogen-bond donors (Lipinski definition) is 0. The summed E-state index contributed by atoms with van der Waals surface area (Å²) in [5.41, 5.74) is 14.4. The van der Waals surface area contributed by atoms with E-state index in [1.807, 2.05) is 0 Å². The summed E-state index contributed by atoms with van der Waals surface area (Å²) in [6.45, 7) is 9.62. The van der Waals surface area contributed by atoms with Gasteiger partial charge in [-0.25, -0.2) is 0 Å². The molecule has 252 valence electrons. The van der Waals surface area contributed by atoms with Gasteiger partial charge in [0.25, 0.3) is 0 Å². The van der Waals surface area contributed by atoms with E-state index in [4.69, 9.17) is 0 Å². The molecule has 0 saturated heterocycles. The lowest BCUT2D eigenvalue weighted by atomic mass is 9.78. The normalized spacial score (nSPS) is 14.7. The third kappa shape index (κ3) is 4.14. The predicted molar refractivity (Wildman–Crippen MR) is 226 cm³/mol. The molecule has 0 amide bonds. The van der Waals surface area contributed by atoms with Crippen molar-refractivity contribution in [1.29, 1.82) is 0 Å². The second-order valence-electron chi connectivity index (χ2n) is 16.1. The van der Waals surface area contributed by atoms with Gasteiger partial charge in [-0.1, -0.05) is 155 Å². The molecule has 0 fully saturated rings. The zero-order valence-electron chi connectivity index (χ0n) is 30.5. The molecule has 0 saturated carbocycles. The second kappa shape index (κ2) is 10.7. The fourth-order valence-electron chi connectivity index (χ4n) is 10.3. The summed E-state index contributed by atoms with van der Waals surface area (Å²) in [6.07, 6.45) is 0. The van der Waals surface area contributed by atoms with Crippen molar-refractivity contribution in [2.45, 2.75) is 38.5 Å². The molecule has 0 heterocycles. The van der Waals surface area contributed by atoms with Gasteiger partial charge in [-0.2, -0.15) is 0 Å². The zero-order chi connectivity index (χ0) is 35.6. The second-order valence-corrected chi connectivity index (χ2v) is 16.1. The number of para-hydroxylation sites is 1. The van der Waals surface area contributed by atoms with E-state index in [0.717, 1.165) is 17.1 Å². The van der Waals surface area contributed by atoms with Crippen molar-refractivity contribution in [1.82, 2.24) is 0 Å². The van der Waals surface area contributed by atoms with Gasteiger partial charge in [-0.3, -0.25) is 0 Å². The first-order chi connectivity index (χ1) is 25.8. The molecule has 11 rings (SSSR count). The highest BCUT2D eigenvalue weighted by Crippen LogP contribution is 2.55. The number of hydrogen-bond acceptors (Lipinski definition) is 1. The average Bonchev–Trinajstić information content (AvgIpc) is 3.58. The lowest BCUT2D eigenvalue weighted by Gasteiger charge is -2.28. The molecule has 0 aromatic heterocycles. The van der Waals surface area contributed by atoms with Crippen LogP contribution in [0.25, 0.3) is 65.3 Å². The topological polar surface area (TPSA) is 3.24 Å². The quantitative estimate of drug-likeness (QED) is 0.180. The van der Waals surface area contributed by atoms with Gasteiger partial charge in [0.05, 0.1) is 0 Å². The first kappa shape index (κ1) is 30.4. The van der Waals surface area contributed by atoms with Gasteiger partial charge in [-0.05, 0) is 124 Å². The highest BCUT2D eigenvalue weighted by molar-refractivity contribution is 6.06. The SMILES string of the molecule is CC1(C)c2c(ccc3ccccc23)-c2ccc3cc(N(c4ccccc4)c4ccc5c6c(ccc5c4)-c4ccc5ccccc5c4C6(C)C)ccc3c21. The van der Waals surface area contributed by atoms with Gasteiger partial charge in [0.1, 0.15) is 0 Å². The van der Waals surface area contributed by atoms with Crippen LogP contribution < -0.4 is 4.90 Å².